The summed E-state index contributed by atoms with van der Waals surface area (Å²) in [6.07, 6.45) is 1.54. The van der Waals surface area contributed by atoms with Crippen LogP contribution in [0.1, 0.15) is 99.7 Å². The molecule has 0 unspecified atom stereocenters. The van der Waals surface area contributed by atoms with Gasteiger partial charge in [-0.2, -0.15) is 36.8 Å². The second-order valence-corrected chi connectivity index (χ2v) is 26.1. The van der Waals surface area contributed by atoms with Crippen LogP contribution in [-0.4, -0.2) is 59.6 Å². The van der Waals surface area contributed by atoms with Crippen LogP contribution in [0.4, 0.5) is 27.2 Å². The molecule has 96 heavy (non-hydrogen) atoms. The average molecular weight is 1410 g/mol. The Hall–Kier alpha value is -10.6. The molecule has 0 aromatic heterocycles. The average Bonchev–Trinajstić information content (AvgIpc) is 1.66. The van der Waals surface area contributed by atoms with Crippen molar-refractivity contribution in [1.82, 2.24) is 16.0 Å². The number of alkyl carbamates (subject to hydrolysis) is 2. The van der Waals surface area contributed by atoms with Crippen LogP contribution in [0, 0.1) is 118 Å². The Balaban J connectivity index is 0.000000206. The van der Waals surface area contributed by atoms with E-state index in [1.807, 2.05) is 97.1 Å². The molecule has 0 spiro atoms. The Kier molecular flexibility index (Phi) is 27.2. The lowest BCUT2D eigenvalue weighted by atomic mass is 9.86. The molecule has 9 rings (SSSR count). The normalized spacial score (nSPS) is 16.1. The zero-order valence-corrected chi connectivity index (χ0v) is 55.8. The van der Waals surface area contributed by atoms with Crippen LogP contribution in [-0.2, 0) is 40.0 Å². The molecule has 3 amide bonds. The number of nitriles is 7. The molecule has 5 N–H and O–H groups in total. The topological polar surface area (TPSA) is 298 Å². The van der Waals surface area contributed by atoms with Crippen LogP contribution in [0.5, 0.6) is 0 Å². The molecule has 2 aliphatic carbocycles. The summed E-state index contributed by atoms with van der Waals surface area (Å²) >= 11 is 2.22. The second-order valence-electron chi connectivity index (χ2n) is 24.9. The molecule has 7 aromatic carbocycles. The second kappa shape index (κ2) is 35.1. The molecular weight excluding hydrogens is 1340 g/mol. The minimum atomic E-state index is -0.903. The molecule has 0 saturated heterocycles. The molecule has 2 saturated carbocycles. The van der Waals surface area contributed by atoms with Gasteiger partial charge in [-0.05, 0) is 193 Å². The minimum Gasteiger partial charge on any atom is -0.444 e. The summed E-state index contributed by atoms with van der Waals surface area (Å²) in [6.45, 7) is 10.6. The SMILES string of the molecule is CC(C)(C)OC(=O)N[C@H](C#N)Cc1ccc(-c2ccc(C#N)c(F)c2)cc1.CC(C)(C)OC(=O)N[C@H](C#N)Cc1ccc(I)cc1.N#Cc1ccc(-c2ccc(C[C@@H](C#N)NC(=O)[C@H]3C[C@H]4C[C@@H]3[C@@H](F)C4)cc2)cc1F.N#Cc1ccc(-c2ccc(C[C@H](N)C#N)cc2)cc1F. The smallest absolute Gasteiger partial charge is 0.408 e. The number of carbonyl (C=O) groups excluding carboxylic acids is 3. The molecular formula is C75H70F4IN11O5. The first-order chi connectivity index (χ1) is 45.6. The van der Waals surface area contributed by atoms with Gasteiger partial charge in [0, 0.05) is 41.1 Å². The number of hydrogen-bond acceptors (Lipinski definition) is 13. The molecule has 7 aromatic rings. The van der Waals surface area contributed by atoms with Crippen LogP contribution in [0.15, 0.2) is 152 Å². The standard InChI is InChI=1S/C24H21F2N3O.C21H20FN3O2.C16H12FN3.C14H17IN2O2/c25-22-11-17(5-6-18(22)12-27)16-3-1-14(2-4-16)7-19(13-28)29-24(30)21-9-15-8-20(21)23(26)10-15;1-21(2,3)27-20(26)25-18(13-24)10-14-4-6-15(7-5-14)16-8-9-17(12-23)19(22)11-16;17-16-8-13(5-6-14(16)9-18)12-3-1-11(2-4-12)7-15(20)10-19;1-14(2,3)19-13(18)17-12(9-16)8-10-4-6-11(15)7-5-10/h1-6,11,15,19-21,23H,7-10H2,(H,29,30);4-9,11,18H,10H2,1-3H3,(H,25,26);1-6,8,15H,7,20H2;4-7,12H,8H2,1-3H3,(H,17,18)/t15-,19+,20+,21+,23+;18-;15-;12-/m1000/s1. The van der Waals surface area contributed by atoms with Gasteiger partial charge in [0.2, 0.25) is 5.91 Å². The summed E-state index contributed by atoms with van der Waals surface area (Å²) in [5.74, 6) is -2.13. The minimum absolute atomic E-state index is 0.000416. The molecule has 16 nitrogen and oxygen atoms in total. The van der Waals surface area contributed by atoms with Crippen molar-refractivity contribution < 1.29 is 41.4 Å². The fourth-order valence-corrected chi connectivity index (χ4v) is 11.0. The van der Waals surface area contributed by atoms with Crippen molar-refractivity contribution >= 4 is 40.7 Å². The summed E-state index contributed by atoms with van der Waals surface area (Å²) in [4.78, 5) is 36.0. The molecule has 8 atom stereocenters. The maximum absolute atomic E-state index is 14.0. The number of nitrogens with one attached hydrogen (secondary N) is 3. The lowest BCUT2D eigenvalue weighted by molar-refractivity contribution is -0.127. The number of amides is 3. The third kappa shape index (κ3) is 23.1. The van der Waals surface area contributed by atoms with E-state index >= 15 is 0 Å². The number of fused-ring (bicyclic) bond motifs is 2. The molecule has 0 heterocycles. The highest BCUT2D eigenvalue weighted by Crippen LogP contribution is 2.50. The van der Waals surface area contributed by atoms with Gasteiger partial charge in [-0.3, -0.25) is 4.79 Å². The fraction of sp³-hybridized carbons (Fsp3) is 0.307. The van der Waals surface area contributed by atoms with Crippen molar-refractivity contribution in [2.24, 2.45) is 23.5 Å². The molecule has 490 valence electrons. The number of nitrogens with two attached hydrogens (primary N) is 1. The van der Waals surface area contributed by atoms with E-state index in [1.54, 1.807) is 90.1 Å². The number of halogens is 5. The summed E-state index contributed by atoms with van der Waals surface area (Å²) in [5.41, 5.74) is 12.5. The fourth-order valence-electron chi connectivity index (χ4n) is 10.6. The van der Waals surface area contributed by atoms with Crippen LogP contribution < -0.4 is 21.7 Å². The number of benzene rings is 7. The van der Waals surface area contributed by atoms with Crippen LogP contribution in [0.25, 0.3) is 33.4 Å². The summed E-state index contributed by atoms with van der Waals surface area (Å²) in [5, 5.41) is 70.7. The third-order valence-electron chi connectivity index (χ3n) is 15.2. The van der Waals surface area contributed by atoms with Gasteiger partial charge in [0.1, 0.15) is 71.2 Å². The molecule has 2 fully saturated rings. The lowest BCUT2D eigenvalue weighted by Crippen LogP contribution is -2.42. The Morgan fingerprint density at radius 3 is 1.09 bits per heavy atom. The van der Waals surface area contributed by atoms with E-state index in [1.165, 1.54) is 36.4 Å². The molecule has 21 heteroatoms. The summed E-state index contributed by atoms with van der Waals surface area (Å²) in [7, 11) is 0. The van der Waals surface area contributed by atoms with Gasteiger partial charge in [0.15, 0.2) is 0 Å². The van der Waals surface area contributed by atoms with Crippen molar-refractivity contribution in [3.8, 4) is 75.9 Å². The van der Waals surface area contributed by atoms with E-state index in [2.05, 4.69) is 50.7 Å². The van der Waals surface area contributed by atoms with Gasteiger partial charge in [0.25, 0.3) is 0 Å². The zero-order chi connectivity index (χ0) is 70.3. The van der Waals surface area contributed by atoms with E-state index < -0.39 is 71.2 Å². The monoisotopic (exact) mass is 1410 g/mol. The van der Waals surface area contributed by atoms with Gasteiger partial charge < -0.3 is 31.2 Å². The van der Waals surface area contributed by atoms with Gasteiger partial charge in [-0.1, -0.05) is 103 Å². The Bertz CT molecular complexity index is 4170. The number of nitrogens with zero attached hydrogens (tertiary/aromatic N) is 7. The highest BCUT2D eigenvalue weighted by Gasteiger charge is 2.49. The maximum atomic E-state index is 14.0. The van der Waals surface area contributed by atoms with Gasteiger partial charge in [-0.15, -0.1) is 0 Å². The highest BCUT2D eigenvalue weighted by atomic mass is 127. The van der Waals surface area contributed by atoms with Crippen LogP contribution >= 0.6 is 22.6 Å². The third-order valence-corrected chi connectivity index (χ3v) is 15.9. The van der Waals surface area contributed by atoms with Gasteiger partial charge in [-0.25, -0.2) is 27.2 Å². The lowest BCUT2D eigenvalue weighted by Gasteiger charge is -2.25. The number of rotatable bonds is 15. The van der Waals surface area contributed by atoms with Crippen molar-refractivity contribution in [3.63, 3.8) is 0 Å². The highest BCUT2D eigenvalue weighted by molar-refractivity contribution is 14.1. The number of carbonyl (C=O) groups is 3. The predicted molar refractivity (Wildman–Crippen MR) is 362 cm³/mol. The number of ether oxygens (including phenoxy) is 2. The largest absolute Gasteiger partial charge is 0.444 e. The maximum Gasteiger partial charge on any atom is 0.408 e. The summed E-state index contributed by atoms with van der Waals surface area (Å²) < 4.78 is 66.5. The van der Waals surface area contributed by atoms with Crippen molar-refractivity contribution in [2.75, 3.05) is 0 Å². The first kappa shape index (κ1) is 74.4. The van der Waals surface area contributed by atoms with E-state index in [0.717, 1.165) is 48.9 Å². The van der Waals surface area contributed by atoms with E-state index in [9.17, 15) is 42.5 Å². The molecule has 0 aliphatic heterocycles. The quantitative estimate of drug-likeness (QED) is 0.0549. The van der Waals surface area contributed by atoms with Crippen molar-refractivity contribution in [3.05, 3.63) is 212 Å². The van der Waals surface area contributed by atoms with E-state index in [0.29, 0.717) is 61.1 Å². The Morgan fingerprint density at radius 2 is 0.802 bits per heavy atom. The first-order valence-corrected chi connectivity index (χ1v) is 31.6. The number of hydrogen-bond donors (Lipinski definition) is 4. The van der Waals surface area contributed by atoms with E-state index in [-0.39, 0.29) is 34.4 Å². The van der Waals surface area contributed by atoms with Crippen molar-refractivity contribution in [2.45, 2.75) is 128 Å². The molecule has 2 aliphatic rings. The molecule has 2 bridgehead atoms. The number of alkyl halides is 1. The summed E-state index contributed by atoms with van der Waals surface area (Å²) in [6, 6.07) is 54.2. The van der Waals surface area contributed by atoms with Crippen LogP contribution in [0.3, 0.4) is 0 Å². The van der Waals surface area contributed by atoms with E-state index in [4.69, 9.17) is 41.5 Å². The predicted octanol–water partition coefficient (Wildman–Crippen LogP) is 14.6. The van der Waals surface area contributed by atoms with Gasteiger partial charge >= 0.3 is 12.2 Å². The van der Waals surface area contributed by atoms with Gasteiger partial charge in [0.05, 0.1) is 47.0 Å². The Morgan fingerprint density at radius 1 is 0.479 bits per heavy atom. The van der Waals surface area contributed by atoms with Crippen LogP contribution in [0.2, 0.25) is 0 Å². The van der Waals surface area contributed by atoms with Crippen molar-refractivity contribution in [1.29, 1.82) is 36.8 Å². The Labute approximate surface area is 570 Å². The zero-order valence-electron chi connectivity index (χ0n) is 53.6. The molecule has 0 radical (unpaired) electrons. The first-order valence-electron chi connectivity index (χ1n) is 30.5.